The van der Waals surface area contributed by atoms with Gasteiger partial charge in [0.25, 0.3) is 0 Å². The lowest BCUT2D eigenvalue weighted by molar-refractivity contribution is -0.152. The van der Waals surface area contributed by atoms with Crippen LogP contribution in [0.1, 0.15) is 13.8 Å². The fourth-order valence-electron chi connectivity index (χ4n) is 0.889. The number of carbonyl (C=O) groups is 2. The number of rotatable bonds is 4. The van der Waals surface area contributed by atoms with E-state index in [2.05, 4.69) is 10.1 Å². The maximum Gasteiger partial charge on any atom is 0.324 e. The Hall–Kier alpha value is -1.10. The average molecular weight is 175 g/mol. The van der Waals surface area contributed by atoms with Gasteiger partial charge in [0, 0.05) is 6.92 Å². The summed E-state index contributed by atoms with van der Waals surface area (Å²) in [6.45, 7) is 2.77. The number of carbonyl (C=O) groups excluding carboxylic acids is 1. The van der Waals surface area contributed by atoms with Gasteiger partial charge in [-0.1, -0.05) is 0 Å². The van der Waals surface area contributed by atoms with E-state index in [1.54, 1.807) is 0 Å². The van der Waals surface area contributed by atoms with Crippen molar-refractivity contribution in [3.63, 3.8) is 0 Å². The zero-order valence-corrected chi connectivity index (χ0v) is 7.33. The van der Waals surface area contributed by atoms with Gasteiger partial charge in [-0.3, -0.25) is 9.59 Å². The van der Waals surface area contributed by atoms with Gasteiger partial charge >= 0.3 is 11.9 Å². The first-order valence-electron chi connectivity index (χ1n) is 3.56. The molecule has 0 amide bonds. The number of hydrogen-bond donors (Lipinski definition) is 2. The lowest BCUT2D eigenvalue weighted by atomic mass is 10.2. The van der Waals surface area contributed by atoms with Crippen molar-refractivity contribution in [1.82, 2.24) is 5.32 Å². The van der Waals surface area contributed by atoms with Crippen LogP contribution in [0.2, 0.25) is 0 Å². The Morgan fingerprint density at radius 3 is 2.25 bits per heavy atom. The number of carboxylic acids is 1. The second-order valence-corrected chi connectivity index (χ2v) is 2.42. The molecule has 0 aromatic carbocycles. The van der Waals surface area contributed by atoms with Crippen molar-refractivity contribution in [3.05, 3.63) is 0 Å². The van der Waals surface area contributed by atoms with Crippen molar-refractivity contribution >= 4 is 11.9 Å². The molecule has 0 rings (SSSR count). The molecule has 5 heteroatoms. The third kappa shape index (κ3) is 3.34. The van der Waals surface area contributed by atoms with Crippen LogP contribution in [0.4, 0.5) is 0 Å². The molecule has 0 aromatic heterocycles. The van der Waals surface area contributed by atoms with E-state index >= 15 is 0 Å². The third-order valence-electron chi connectivity index (χ3n) is 1.40. The lowest BCUT2D eigenvalue weighted by Crippen LogP contribution is -2.44. The van der Waals surface area contributed by atoms with Crippen molar-refractivity contribution < 1.29 is 19.4 Å². The predicted octanol–water partition coefficient (Wildman–Crippen LogP) is -0.389. The molecule has 0 bridgehead atoms. The van der Waals surface area contributed by atoms with Gasteiger partial charge in [0.1, 0.15) is 12.1 Å². The Bertz CT molecular complexity index is 180. The van der Waals surface area contributed by atoms with Crippen LogP contribution in [0.3, 0.4) is 0 Å². The van der Waals surface area contributed by atoms with E-state index in [0.717, 1.165) is 0 Å². The van der Waals surface area contributed by atoms with E-state index in [9.17, 15) is 9.59 Å². The van der Waals surface area contributed by atoms with E-state index in [0.29, 0.717) is 0 Å². The molecule has 0 aliphatic rings. The third-order valence-corrected chi connectivity index (χ3v) is 1.40. The molecule has 12 heavy (non-hydrogen) atoms. The highest BCUT2D eigenvalue weighted by Gasteiger charge is 2.24. The smallest absolute Gasteiger partial charge is 0.324 e. The zero-order chi connectivity index (χ0) is 9.72. The molecule has 0 aromatic rings. The van der Waals surface area contributed by atoms with Crippen LogP contribution in [-0.2, 0) is 14.3 Å². The highest BCUT2D eigenvalue weighted by atomic mass is 16.5. The predicted molar refractivity (Wildman–Crippen MR) is 41.7 cm³/mol. The molecule has 0 aliphatic heterocycles. The summed E-state index contributed by atoms with van der Waals surface area (Å²) < 4.78 is 4.68. The molecule has 0 radical (unpaired) electrons. The minimum Gasteiger partial charge on any atom is -0.480 e. The number of nitrogens with one attached hydrogen (secondary N) is 1. The Morgan fingerprint density at radius 2 is 2.00 bits per heavy atom. The zero-order valence-electron chi connectivity index (χ0n) is 7.33. The number of esters is 1. The summed E-state index contributed by atoms with van der Waals surface area (Å²) in [6, 6.07) is -0.853. The Balaban J connectivity index is 4.11. The van der Waals surface area contributed by atoms with E-state index in [-0.39, 0.29) is 0 Å². The van der Waals surface area contributed by atoms with Gasteiger partial charge in [0.15, 0.2) is 0 Å². The van der Waals surface area contributed by atoms with Gasteiger partial charge in [-0.2, -0.15) is 0 Å². The maximum atomic E-state index is 10.5. The van der Waals surface area contributed by atoms with Crippen LogP contribution in [-0.4, -0.2) is 36.2 Å². The van der Waals surface area contributed by atoms with Crippen molar-refractivity contribution in [2.45, 2.75) is 26.0 Å². The first kappa shape index (κ1) is 10.9. The summed E-state index contributed by atoms with van der Waals surface area (Å²) in [6.07, 6.45) is -0.662. The second-order valence-electron chi connectivity index (χ2n) is 2.42. The highest BCUT2D eigenvalue weighted by Crippen LogP contribution is 1.98. The van der Waals surface area contributed by atoms with Crippen molar-refractivity contribution in [3.8, 4) is 0 Å². The van der Waals surface area contributed by atoms with Crippen molar-refractivity contribution in [1.29, 1.82) is 0 Å². The molecular weight excluding hydrogens is 162 g/mol. The van der Waals surface area contributed by atoms with Gasteiger partial charge < -0.3 is 15.2 Å². The van der Waals surface area contributed by atoms with Gasteiger partial charge in [-0.15, -0.1) is 0 Å². The summed E-state index contributed by atoms with van der Waals surface area (Å²) in [5, 5.41) is 11.1. The van der Waals surface area contributed by atoms with Gasteiger partial charge in [0.05, 0.1) is 0 Å². The van der Waals surface area contributed by atoms with Crippen LogP contribution in [0.25, 0.3) is 0 Å². The van der Waals surface area contributed by atoms with E-state index in [1.165, 1.54) is 20.9 Å². The molecule has 0 aliphatic carbocycles. The molecule has 2 atom stereocenters. The molecule has 0 saturated carbocycles. The monoisotopic (exact) mass is 175 g/mol. The largest absolute Gasteiger partial charge is 0.480 e. The number of hydrogen-bond acceptors (Lipinski definition) is 4. The summed E-state index contributed by atoms with van der Waals surface area (Å²) >= 11 is 0. The molecule has 0 heterocycles. The molecule has 2 N–H and O–H groups in total. The van der Waals surface area contributed by atoms with Crippen LogP contribution >= 0.6 is 0 Å². The molecule has 0 spiro atoms. The van der Waals surface area contributed by atoms with Crippen molar-refractivity contribution in [2.75, 3.05) is 7.05 Å². The highest BCUT2D eigenvalue weighted by molar-refractivity contribution is 5.75. The Labute approximate surface area is 70.7 Å². The molecule has 0 fully saturated rings. The first-order valence-corrected chi connectivity index (χ1v) is 3.56. The fraction of sp³-hybridized carbons (Fsp3) is 0.714. The average Bonchev–Trinajstić information content (AvgIpc) is 1.85. The second kappa shape index (κ2) is 4.71. The minimum atomic E-state index is -1.04. The van der Waals surface area contributed by atoms with Crippen LogP contribution in [0.15, 0.2) is 0 Å². The first-order chi connectivity index (χ1) is 5.49. The standard InChI is InChI=1S/C7H13NO4/c1-4(12-5(2)9)6(8-3)7(10)11/h4,6,8H,1-3H3,(H,10,11)/t4-,6-/m0/s1. The maximum absolute atomic E-state index is 10.5. The van der Waals surface area contributed by atoms with Crippen LogP contribution < -0.4 is 5.32 Å². The number of ether oxygens (including phenoxy) is 1. The molecular formula is C7H13NO4. The van der Waals surface area contributed by atoms with Crippen LogP contribution in [0.5, 0.6) is 0 Å². The Kier molecular flexibility index (Phi) is 4.28. The van der Waals surface area contributed by atoms with Gasteiger partial charge in [-0.05, 0) is 14.0 Å². The molecule has 5 nitrogen and oxygen atoms in total. The topological polar surface area (TPSA) is 75.6 Å². The van der Waals surface area contributed by atoms with Crippen molar-refractivity contribution in [2.24, 2.45) is 0 Å². The normalized spacial score (nSPS) is 14.9. The number of likely N-dealkylation sites (N-methyl/N-ethyl adjacent to an activating group) is 1. The summed E-state index contributed by atoms with van der Waals surface area (Å²) in [7, 11) is 1.50. The van der Waals surface area contributed by atoms with Crippen LogP contribution in [0, 0.1) is 0 Å². The summed E-state index contributed by atoms with van der Waals surface area (Å²) in [5.41, 5.74) is 0. The molecule has 0 saturated heterocycles. The number of carboxylic acid groups (broad SMARTS) is 1. The summed E-state index contributed by atoms with van der Waals surface area (Å²) in [5.74, 6) is -1.52. The minimum absolute atomic E-state index is 0.482. The molecule has 70 valence electrons. The van der Waals surface area contributed by atoms with Gasteiger partial charge in [0.2, 0.25) is 0 Å². The van der Waals surface area contributed by atoms with E-state index < -0.39 is 24.1 Å². The fourth-order valence-corrected chi connectivity index (χ4v) is 0.889. The summed E-state index contributed by atoms with van der Waals surface area (Å²) in [4.78, 5) is 21.0. The quantitative estimate of drug-likeness (QED) is 0.569. The number of aliphatic carboxylic acids is 1. The SMILES string of the molecule is CN[C@H](C(=O)O)[C@H](C)OC(C)=O. The van der Waals surface area contributed by atoms with Gasteiger partial charge in [-0.25, -0.2) is 0 Å². The lowest BCUT2D eigenvalue weighted by Gasteiger charge is -2.18. The Morgan fingerprint density at radius 1 is 1.50 bits per heavy atom. The van der Waals surface area contributed by atoms with E-state index in [4.69, 9.17) is 5.11 Å². The van der Waals surface area contributed by atoms with E-state index in [1.807, 2.05) is 0 Å². The molecule has 0 unspecified atom stereocenters.